The first-order chi connectivity index (χ1) is 9.25. The van der Waals surface area contributed by atoms with Gasteiger partial charge >= 0.3 is 5.97 Å². The van der Waals surface area contributed by atoms with Crippen molar-refractivity contribution in [3.8, 4) is 0 Å². The van der Waals surface area contributed by atoms with Crippen LogP contribution < -0.4 is 5.73 Å². The largest absolute Gasteiger partial charge is 0.465 e. The van der Waals surface area contributed by atoms with Crippen molar-refractivity contribution in [3.63, 3.8) is 0 Å². The highest BCUT2D eigenvalue weighted by atomic mass is 32.2. The Labute approximate surface area is 119 Å². The number of anilines is 1. The van der Waals surface area contributed by atoms with Crippen LogP contribution in [0, 0.1) is 0 Å². The van der Waals surface area contributed by atoms with E-state index in [1.807, 2.05) is 13.8 Å². The molecule has 1 unspecified atom stereocenters. The summed E-state index contributed by atoms with van der Waals surface area (Å²) in [6.45, 7) is 3.72. The van der Waals surface area contributed by atoms with Gasteiger partial charge in [0.05, 0.1) is 18.4 Å². The van der Waals surface area contributed by atoms with Crippen molar-refractivity contribution >= 4 is 21.7 Å². The summed E-state index contributed by atoms with van der Waals surface area (Å²) >= 11 is 0. The number of rotatable bonds is 5. The molecular weight excluding hydrogens is 280 g/mol. The van der Waals surface area contributed by atoms with Crippen molar-refractivity contribution in [2.75, 3.05) is 19.9 Å². The topological polar surface area (TPSA) is 89.7 Å². The van der Waals surface area contributed by atoms with E-state index in [4.69, 9.17) is 5.73 Å². The number of hydrogen-bond acceptors (Lipinski definition) is 5. The normalized spacial score (nSPS) is 13.2. The standard InChI is InChI=1S/C13H20N2O4S/c1-5-9(2)15(3)20(17,18)12-7-6-10(8-11(12)14)13(16)19-4/h6-9H,5,14H2,1-4H3. The minimum Gasteiger partial charge on any atom is -0.465 e. The number of nitrogens with two attached hydrogens (primary N) is 1. The van der Waals surface area contributed by atoms with E-state index >= 15 is 0 Å². The van der Waals surface area contributed by atoms with Crippen molar-refractivity contribution in [2.45, 2.75) is 31.2 Å². The van der Waals surface area contributed by atoms with Gasteiger partial charge < -0.3 is 10.5 Å². The maximum Gasteiger partial charge on any atom is 0.337 e. The molecule has 0 fully saturated rings. The molecule has 1 aromatic carbocycles. The van der Waals surface area contributed by atoms with Gasteiger partial charge in [-0.25, -0.2) is 13.2 Å². The Hall–Kier alpha value is -1.60. The SMILES string of the molecule is CCC(C)N(C)S(=O)(=O)c1ccc(C(=O)OC)cc1N. The Morgan fingerprint density at radius 1 is 1.45 bits per heavy atom. The van der Waals surface area contributed by atoms with Gasteiger partial charge in [-0.3, -0.25) is 0 Å². The van der Waals surface area contributed by atoms with Crippen molar-refractivity contribution < 1.29 is 17.9 Å². The Balaban J connectivity index is 3.24. The van der Waals surface area contributed by atoms with Gasteiger partial charge in [0.15, 0.2) is 0 Å². The molecular formula is C13H20N2O4S. The number of nitrogens with zero attached hydrogens (tertiary/aromatic N) is 1. The molecule has 6 nitrogen and oxygen atoms in total. The van der Waals surface area contributed by atoms with Crippen LogP contribution in [0.2, 0.25) is 0 Å². The van der Waals surface area contributed by atoms with E-state index < -0.39 is 16.0 Å². The van der Waals surface area contributed by atoms with Crippen molar-refractivity contribution in [3.05, 3.63) is 23.8 Å². The highest BCUT2D eigenvalue weighted by molar-refractivity contribution is 7.89. The predicted molar refractivity (Wildman–Crippen MR) is 76.9 cm³/mol. The van der Waals surface area contributed by atoms with Crippen molar-refractivity contribution in [1.29, 1.82) is 0 Å². The number of ether oxygens (including phenoxy) is 1. The molecule has 0 radical (unpaired) electrons. The average Bonchev–Trinajstić information content (AvgIpc) is 2.44. The fourth-order valence-corrected chi connectivity index (χ4v) is 3.21. The van der Waals surface area contributed by atoms with Crippen LogP contribution >= 0.6 is 0 Å². The monoisotopic (exact) mass is 300 g/mol. The predicted octanol–water partition coefficient (Wildman–Crippen LogP) is 1.47. The number of methoxy groups -OCH3 is 1. The fourth-order valence-electron chi connectivity index (χ4n) is 1.68. The second-order valence-electron chi connectivity index (χ2n) is 4.52. The molecule has 0 bridgehead atoms. The lowest BCUT2D eigenvalue weighted by molar-refractivity contribution is 0.0600. The van der Waals surface area contributed by atoms with Gasteiger partial charge in [0.25, 0.3) is 0 Å². The quantitative estimate of drug-likeness (QED) is 0.657. The molecule has 1 atom stereocenters. The molecule has 0 aromatic heterocycles. The lowest BCUT2D eigenvalue weighted by Gasteiger charge is -2.23. The average molecular weight is 300 g/mol. The molecule has 2 N–H and O–H groups in total. The third-order valence-electron chi connectivity index (χ3n) is 3.30. The minimum absolute atomic E-state index is 0.00652. The third-order valence-corrected chi connectivity index (χ3v) is 5.35. The number of sulfonamides is 1. The summed E-state index contributed by atoms with van der Waals surface area (Å²) in [6, 6.07) is 3.89. The second-order valence-corrected chi connectivity index (χ2v) is 6.49. The van der Waals surface area contributed by atoms with Crippen LogP contribution in [0.3, 0.4) is 0 Å². The number of carbonyl (C=O) groups is 1. The van der Waals surface area contributed by atoms with Gasteiger partial charge in [0.1, 0.15) is 4.90 Å². The zero-order valence-electron chi connectivity index (χ0n) is 12.1. The van der Waals surface area contributed by atoms with E-state index in [9.17, 15) is 13.2 Å². The molecule has 0 amide bonds. The summed E-state index contributed by atoms with van der Waals surface area (Å²) in [5.41, 5.74) is 6.01. The second kappa shape index (κ2) is 6.23. The molecule has 0 saturated carbocycles. The summed E-state index contributed by atoms with van der Waals surface area (Å²) in [6.07, 6.45) is 0.690. The maximum absolute atomic E-state index is 12.4. The number of esters is 1. The zero-order valence-corrected chi connectivity index (χ0v) is 12.9. The lowest BCUT2D eigenvalue weighted by atomic mass is 10.2. The number of carbonyl (C=O) groups excluding carboxylic acids is 1. The molecule has 1 aromatic rings. The highest BCUT2D eigenvalue weighted by Gasteiger charge is 2.26. The summed E-state index contributed by atoms with van der Waals surface area (Å²) in [7, 11) is -0.913. The van der Waals surface area contributed by atoms with Gasteiger partial charge in [-0.05, 0) is 31.5 Å². The Kier molecular flexibility index (Phi) is 5.13. The maximum atomic E-state index is 12.4. The lowest BCUT2D eigenvalue weighted by Crippen LogP contribution is -2.35. The summed E-state index contributed by atoms with van der Waals surface area (Å²) in [5.74, 6) is -0.559. The van der Waals surface area contributed by atoms with Crippen LogP contribution in [-0.4, -0.2) is 38.9 Å². The van der Waals surface area contributed by atoms with Crippen LogP contribution in [-0.2, 0) is 14.8 Å². The summed E-state index contributed by atoms with van der Waals surface area (Å²) < 4.78 is 30.7. The number of benzene rings is 1. The van der Waals surface area contributed by atoms with E-state index in [1.54, 1.807) is 0 Å². The molecule has 20 heavy (non-hydrogen) atoms. The molecule has 0 saturated heterocycles. The molecule has 7 heteroatoms. The first-order valence-corrected chi connectivity index (χ1v) is 7.65. The highest BCUT2D eigenvalue weighted by Crippen LogP contribution is 2.24. The number of hydrogen-bond donors (Lipinski definition) is 1. The number of nitrogen functional groups attached to an aromatic ring is 1. The van der Waals surface area contributed by atoms with E-state index in [-0.39, 0.29) is 22.2 Å². The van der Waals surface area contributed by atoms with E-state index in [0.29, 0.717) is 6.42 Å². The van der Waals surface area contributed by atoms with Gasteiger partial charge in [0.2, 0.25) is 10.0 Å². The summed E-state index contributed by atoms with van der Waals surface area (Å²) in [4.78, 5) is 11.4. The smallest absolute Gasteiger partial charge is 0.337 e. The van der Waals surface area contributed by atoms with Crippen LogP contribution in [0.15, 0.2) is 23.1 Å². The first-order valence-electron chi connectivity index (χ1n) is 6.21. The fraction of sp³-hybridized carbons (Fsp3) is 0.462. The molecule has 0 aliphatic heterocycles. The molecule has 0 spiro atoms. The summed E-state index contributed by atoms with van der Waals surface area (Å²) in [5, 5.41) is 0. The van der Waals surface area contributed by atoms with Crippen molar-refractivity contribution in [2.24, 2.45) is 0 Å². The molecule has 112 valence electrons. The Bertz CT molecular complexity index is 598. The Morgan fingerprint density at radius 3 is 2.50 bits per heavy atom. The van der Waals surface area contributed by atoms with Crippen LogP contribution in [0.1, 0.15) is 30.6 Å². The minimum atomic E-state index is -3.67. The van der Waals surface area contributed by atoms with Crippen LogP contribution in [0.5, 0.6) is 0 Å². The van der Waals surface area contributed by atoms with E-state index in [0.717, 1.165) is 0 Å². The Morgan fingerprint density at radius 2 is 2.05 bits per heavy atom. The van der Waals surface area contributed by atoms with Gasteiger partial charge in [-0.15, -0.1) is 0 Å². The molecule has 0 aliphatic carbocycles. The van der Waals surface area contributed by atoms with Gasteiger partial charge in [-0.2, -0.15) is 4.31 Å². The van der Waals surface area contributed by atoms with Crippen molar-refractivity contribution in [1.82, 2.24) is 4.31 Å². The molecule has 0 aliphatic rings. The first kappa shape index (κ1) is 16.5. The molecule has 1 rings (SSSR count). The van der Waals surface area contributed by atoms with Crippen LogP contribution in [0.4, 0.5) is 5.69 Å². The third kappa shape index (κ3) is 3.10. The van der Waals surface area contributed by atoms with Gasteiger partial charge in [0, 0.05) is 13.1 Å². The molecule has 0 heterocycles. The zero-order chi connectivity index (χ0) is 15.5. The van der Waals surface area contributed by atoms with Crippen LogP contribution in [0.25, 0.3) is 0 Å². The van der Waals surface area contributed by atoms with Gasteiger partial charge in [-0.1, -0.05) is 6.92 Å². The van der Waals surface area contributed by atoms with E-state index in [1.165, 1.54) is 36.7 Å². The van der Waals surface area contributed by atoms with E-state index in [2.05, 4.69) is 4.74 Å².